The predicted octanol–water partition coefficient (Wildman–Crippen LogP) is 2.86. The van der Waals surface area contributed by atoms with E-state index in [1.54, 1.807) is 12.1 Å². The Morgan fingerprint density at radius 2 is 1.75 bits per heavy atom. The zero-order chi connectivity index (χ0) is 22.9. The van der Waals surface area contributed by atoms with Gasteiger partial charge in [-0.25, -0.2) is 17.2 Å². The van der Waals surface area contributed by atoms with Crippen molar-refractivity contribution in [3.8, 4) is 11.5 Å². The Bertz CT molecular complexity index is 1140. The molecule has 0 N–H and O–H groups in total. The number of carbonyl (C=O) groups is 1. The number of carbonyl (C=O) groups excluding carboxylic acids is 1. The SMILES string of the molecule is O=C(Cc1cc(Cl)c2c(c1)OCCCO2)N1CCN(S(=O)(=O)c2cc(F)ccc2F)CC1. The fraction of sp³-hybridized carbons (Fsp3) is 0.381. The first kappa shape index (κ1) is 22.8. The maximum absolute atomic E-state index is 14.0. The van der Waals surface area contributed by atoms with Gasteiger partial charge >= 0.3 is 0 Å². The molecule has 0 spiro atoms. The summed E-state index contributed by atoms with van der Waals surface area (Å²) >= 11 is 6.28. The molecule has 172 valence electrons. The lowest BCUT2D eigenvalue weighted by Gasteiger charge is -2.34. The molecule has 0 aromatic heterocycles. The molecule has 0 saturated carbocycles. The Balaban J connectivity index is 1.41. The Hall–Kier alpha value is -2.43. The average Bonchev–Trinajstić information content (AvgIpc) is 3.01. The first-order chi connectivity index (χ1) is 15.3. The summed E-state index contributed by atoms with van der Waals surface area (Å²) in [5.41, 5.74) is 0.654. The number of sulfonamides is 1. The summed E-state index contributed by atoms with van der Waals surface area (Å²) in [7, 11) is -4.21. The molecule has 0 aliphatic carbocycles. The van der Waals surface area contributed by atoms with E-state index in [1.807, 2.05) is 0 Å². The lowest BCUT2D eigenvalue weighted by molar-refractivity contribution is -0.131. The minimum atomic E-state index is -4.21. The van der Waals surface area contributed by atoms with Gasteiger partial charge in [-0.3, -0.25) is 4.79 Å². The van der Waals surface area contributed by atoms with Crippen LogP contribution in [-0.2, 0) is 21.2 Å². The smallest absolute Gasteiger partial charge is 0.246 e. The van der Waals surface area contributed by atoms with E-state index >= 15 is 0 Å². The quantitative estimate of drug-likeness (QED) is 0.664. The molecule has 1 amide bonds. The van der Waals surface area contributed by atoms with Gasteiger partial charge in [0, 0.05) is 32.6 Å². The number of piperazine rings is 1. The number of ether oxygens (including phenoxy) is 2. The molecule has 0 radical (unpaired) electrons. The van der Waals surface area contributed by atoms with E-state index in [0.717, 1.165) is 22.9 Å². The van der Waals surface area contributed by atoms with Crippen LogP contribution < -0.4 is 9.47 Å². The lowest BCUT2D eigenvalue weighted by Crippen LogP contribution is -2.51. The van der Waals surface area contributed by atoms with Gasteiger partial charge in [-0.05, 0) is 35.9 Å². The minimum Gasteiger partial charge on any atom is -0.489 e. The molecule has 11 heteroatoms. The largest absolute Gasteiger partial charge is 0.489 e. The van der Waals surface area contributed by atoms with Gasteiger partial charge in [0.15, 0.2) is 11.5 Å². The second-order valence-electron chi connectivity index (χ2n) is 7.49. The van der Waals surface area contributed by atoms with Crippen molar-refractivity contribution in [1.29, 1.82) is 0 Å². The fourth-order valence-electron chi connectivity index (χ4n) is 3.66. The average molecular weight is 487 g/mol. The Morgan fingerprint density at radius 1 is 1.03 bits per heavy atom. The summed E-state index contributed by atoms with van der Waals surface area (Å²) in [6, 6.07) is 5.67. The van der Waals surface area contributed by atoms with Crippen LogP contribution in [0.3, 0.4) is 0 Å². The third kappa shape index (κ3) is 4.67. The topological polar surface area (TPSA) is 76.2 Å². The molecule has 4 rings (SSSR count). The molecule has 1 fully saturated rings. The van der Waals surface area contributed by atoms with Gasteiger partial charge in [-0.1, -0.05) is 11.6 Å². The highest BCUT2D eigenvalue weighted by Crippen LogP contribution is 2.38. The van der Waals surface area contributed by atoms with Crippen LogP contribution in [0.2, 0.25) is 5.02 Å². The lowest BCUT2D eigenvalue weighted by atomic mass is 10.1. The number of benzene rings is 2. The standard InChI is InChI=1S/C21H21ClF2N2O5S/c22-16-10-14(11-18-21(16)31-9-1-8-30-18)12-20(27)25-4-6-26(7-5-25)32(28,29)19-13-15(23)2-3-17(19)24/h2-3,10-11,13H,1,4-9,12H2. The second-order valence-corrected chi connectivity index (χ2v) is 9.81. The van der Waals surface area contributed by atoms with Gasteiger partial charge in [0.05, 0.1) is 24.7 Å². The maximum Gasteiger partial charge on any atom is 0.246 e. The summed E-state index contributed by atoms with van der Waals surface area (Å²) in [6.45, 7) is 1.21. The van der Waals surface area contributed by atoms with Crippen LogP contribution in [0.4, 0.5) is 8.78 Å². The molecule has 2 aliphatic heterocycles. The van der Waals surface area contributed by atoms with Crippen molar-refractivity contribution in [3.63, 3.8) is 0 Å². The van der Waals surface area contributed by atoms with E-state index in [9.17, 15) is 22.0 Å². The number of hydrogen-bond donors (Lipinski definition) is 0. The van der Waals surface area contributed by atoms with Gasteiger partial charge in [0.25, 0.3) is 0 Å². The molecule has 7 nitrogen and oxygen atoms in total. The van der Waals surface area contributed by atoms with Gasteiger partial charge < -0.3 is 14.4 Å². The van der Waals surface area contributed by atoms with Gasteiger partial charge in [0.2, 0.25) is 15.9 Å². The zero-order valence-electron chi connectivity index (χ0n) is 17.0. The van der Waals surface area contributed by atoms with Crippen molar-refractivity contribution in [1.82, 2.24) is 9.21 Å². The number of nitrogens with zero attached hydrogens (tertiary/aromatic N) is 2. The van der Waals surface area contributed by atoms with Crippen molar-refractivity contribution in [2.24, 2.45) is 0 Å². The Morgan fingerprint density at radius 3 is 2.50 bits per heavy atom. The third-order valence-corrected chi connectivity index (χ3v) is 7.51. The molecular weight excluding hydrogens is 466 g/mol. The van der Waals surface area contributed by atoms with Crippen LogP contribution in [-0.4, -0.2) is 62.9 Å². The summed E-state index contributed by atoms with van der Waals surface area (Å²) < 4.78 is 65.1. The van der Waals surface area contributed by atoms with Gasteiger partial charge in [-0.15, -0.1) is 0 Å². The third-order valence-electron chi connectivity index (χ3n) is 5.32. The summed E-state index contributed by atoms with van der Waals surface area (Å²) in [5.74, 6) is -1.11. The van der Waals surface area contributed by atoms with Crippen molar-refractivity contribution < 1.29 is 31.5 Å². The number of fused-ring (bicyclic) bond motifs is 1. The Kier molecular flexibility index (Phi) is 6.55. The van der Waals surface area contributed by atoms with Crippen LogP contribution in [0.15, 0.2) is 35.2 Å². The van der Waals surface area contributed by atoms with Crippen LogP contribution >= 0.6 is 11.6 Å². The van der Waals surface area contributed by atoms with Gasteiger partial charge in [0.1, 0.15) is 16.5 Å². The molecule has 2 aromatic carbocycles. The van der Waals surface area contributed by atoms with Crippen molar-refractivity contribution in [2.45, 2.75) is 17.7 Å². The Labute approximate surface area is 189 Å². The molecule has 1 saturated heterocycles. The highest BCUT2D eigenvalue weighted by Gasteiger charge is 2.32. The predicted molar refractivity (Wildman–Crippen MR) is 112 cm³/mol. The highest BCUT2D eigenvalue weighted by molar-refractivity contribution is 7.89. The molecule has 2 heterocycles. The van der Waals surface area contributed by atoms with E-state index in [-0.39, 0.29) is 38.5 Å². The minimum absolute atomic E-state index is 0.0219. The number of amides is 1. The van der Waals surface area contributed by atoms with Crippen molar-refractivity contribution in [2.75, 3.05) is 39.4 Å². The maximum atomic E-state index is 14.0. The van der Waals surface area contributed by atoms with Gasteiger partial charge in [-0.2, -0.15) is 4.31 Å². The second kappa shape index (κ2) is 9.21. The van der Waals surface area contributed by atoms with Crippen LogP contribution in [0.5, 0.6) is 11.5 Å². The molecule has 0 atom stereocenters. The molecule has 0 bridgehead atoms. The molecule has 32 heavy (non-hydrogen) atoms. The molecule has 0 unspecified atom stereocenters. The summed E-state index contributed by atoms with van der Waals surface area (Å²) in [6.07, 6.45) is 0.785. The van der Waals surface area contributed by atoms with Crippen LogP contribution in [0, 0.1) is 11.6 Å². The van der Waals surface area contributed by atoms with Crippen LogP contribution in [0.1, 0.15) is 12.0 Å². The molecular formula is C21H21ClF2N2O5S. The number of rotatable bonds is 4. The monoisotopic (exact) mass is 486 g/mol. The normalized spacial score (nSPS) is 17.2. The number of hydrogen-bond acceptors (Lipinski definition) is 5. The van der Waals surface area contributed by atoms with E-state index in [0.29, 0.717) is 41.4 Å². The number of halogens is 3. The van der Waals surface area contributed by atoms with E-state index in [1.165, 1.54) is 4.90 Å². The van der Waals surface area contributed by atoms with E-state index in [2.05, 4.69) is 0 Å². The zero-order valence-corrected chi connectivity index (χ0v) is 18.6. The van der Waals surface area contributed by atoms with Crippen molar-refractivity contribution in [3.05, 3.63) is 52.6 Å². The first-order valence-electron chi connectivity index (χ1n) is 10.1. The van der Waals surface area contributed by atoms with E-state index in [4.69, 9.17) is 21.1 Å². The van der Waals surface area contributed by atoms with Crippen molar-refractivity contribution >= 4 is 27.5 Å². The first-order valence-corrected chi connectivity index (χ1v) is 11.9. The summed E-state index contributed by atoms with van der Waals surface area (Å²) in [5, 5.41) is 0.361. The van der Waals surface area contributed by atoms with Crippen LogP contribution in [0.25, 0.3) is 0 Å². The summed E-state index contributed by atoms with van der Waals surface area (Å²) in [4.78, 5) is 13.6. The van der Waals surface area contributed by atoms with E-state index < -0.39 is 26.6 Å². The molecule has 2 aromatic rings. The highest BCUT2D eigenvalue weighted by atomic mass is 35.5. The fourth-order valence-corrected chi connectivity index (χ4v) is 5.45. The molecule has 2 aliphatic rings.